The summed E-state index contributed by atoms with van der Waals surface area (Å²) in [5, 5.41) is 7.91. The van der Waals surface area contributed by atoms with Gasteiger partial charge < -0.3 is 11.1 Å². The lowest BCUT2D eigenvalue weighted by Gasteiger charge is -2.07. The molecule has 0 spiro atoms. The van der Waals surface area contributed by atoms with Gasteiger partial charge in [-0.1, -0.05) is 0 Å². The number of nitrogens with one attached hydrogen (secondary N) is 1. The second-order valence-electron chi connectivity index (χ2n) is 4.46. The Morgan fingerprint density at radius 2 is 2.15 bits per heavy atom. The van der Waals surface area contributed by atoms with Crippen LogP contribution in [-0.4, -0.2) is 27.7 Å². The van der Waals surface area contributed by atoms with Crippen LogP contribution in [0.5, 0.6) is 0 Å². The van der Waals surface area contributed by atoms with Crippen LogP contribution in [0.1, 0.15) is 10.4 Å². The summed E-state index contributed by atoms with van der Waals surface area (Å²) in [7, 11) is 3.20. The van der Waals surface area contributed by atoms with Gasteiger partial charge in [-0.05, 0) is 6.07 Å². The number of amides is 1. The number of nitrogens with two attached hydrogens (primary N) is 1. The van der Waals surface area contributed by atoms with Crippen molar-refractivity contribution in [3.05, 3.63) is 29.7 Å². The van der Waals surface area contributed by atoms with Crippen LogP contribution in [0.2, 0.25) is 0 Å². The van der Waals surface area contributed by atoms with Gasteiger partial charge in [-0.25, -0.2) is 9.37 Å². The highest BCUT2D eigenvalue weighted by molar-refractivity contribution is 6.10. The molecular formula is C13H12FN5O. The molecule has 102 valence electrons. The molecule has 0 aliphatic heterocycles. The van der Waals surface area contributed by atoms with Crippen molar-refractivity contribution in [2.24, 2.45) is 7.05 Å². The van der Waals surface area contributed by atoms with Crippen LogP contribution in [0.3, 0.4) is 0 Å². The molecule has 0 saturated carbocycles. The summed E-state index contributed by atoms with van der Waals surface area (Å²) in [5.41, 5.74) is 6.89. The van der Waals surface area contributed by atoms with Crippen molar-refractivity contribution in [2.45, 2.75) is 0 Å². The molecule has 0 aliphatic carbocycles. The van der Waals surface area contributed by atoms with E-state index < -0.39 is 11.7 Å². The Kier molecular flexibility index (Phi) is 2.56. The van der Waals surface area contributed by atoms with Crippen molar-refractivity contribution in [1.29, 1.82) is 0 Å². The molecule has 6 nitrogen and oxygen atoms in total. The van der Waals surface area contributed by atoms with Crippen molar-refractivity contribution in [1.82, 2.24) is 20.1 Å². The fraction of sp³-hybridized carbons (Fsp3) is 0.154. The van der Waals surface area contributed by atoms with E-state index in [1.165, 1.54) is 19.2 Å². The van der Waals surface area contributed by atoms with Crippen LogP contribution in [0.25, 0.3) is 21.8 Å². The highest BCUT2D eigenvalue weighted by Crippen LogP contribution is 2.29. The number of carbonyl (C=O) groups is 1. The molecule has 0 aliphatic rings. The Morgan fingerprint density at radius 3 is 2.85 bits per heavy atom. The molecule has 1 aromatic carbocycles. The van der Waals surface area contributed by atoms with Crippen molar-refractivity contribution in [3.63, 3.8) is 0 Å². The van der Waals surface area contributed by atoms with E-state index in [1.807, 2.05) is 0 Å². The van der Waals surface area contributed by atoms with Crippen LogP contribution in [0.15, 0.2) is 18.3 Å². The van der Waals surface area contributed by atoms with Crippen molar-refractivity contribution in [2.75, 3.05) is 12.8 Å². The average Bonchev–Trinajstić information content (AvgIpc) is 2.80. The Morgan fingerprint density at radius 1 is 1.40 bits per heavy atom. The second kappa shape index (κ2) is 4.16. The van der Waals surface area contributed by atoms with Gasteiger partial charge in [0.05, 0.1) is 17.3 Å². The predicted octanol–water partition coefficient (Wildman–Crippen LogP) is 1.20. The van der Waals surface area contributed by atoms with Gasteiger partial charge in [0, 0.05) is 30.9 Å². The molecule has 7 heteroatoms. The second-order valence-corrected chi connectivity index (χ2v) is 4.46. The maximum absolute atomic E-state index is 13.9. The van der Waals surface area contributed by atoms with Crippen LogP contribution in [0, 0.1) is 5.82 Å². The summed E-state index contributed by atoms with van der Waals surface area (Å²) in [6.45, 7) is 0. The molecule has 1 amide bonds. The van der Waals surface area contributed by atoms with Gasteiger partial charge in [0.1, 0.15) is 17.2 Å². The quantitative estimate of drug-likeness (QED) is 0.697. The molecular weight excluding hydrogens is 261 g/mol. The van der Waals surface area contributed by atoms with E-state index in [-0.39, 0.29) is 11.4 Å². The summed E-state index contributed by atoms with van der Waals surface area (Å²) in [6, 6.07) is 2.68. The third-order valence-electron chi connectivity index (χ3n) is 3.27. The zero-order valence-electron chi connectivity index (χ0n) is 10.9. The lowest BCUT2D eigenvalue weighted by Crippen LogP contribution is -2.19. The first kappa shape index (κ1) is 12.3. The molecule has 20 heavy (non-hydrogen) atoms. The maximum Gasteiger partial charge on any atom is 0.254 e. The first-order valence-electron chi connectivity index (χ1n) is 5.95. The van der Waals surface area contributed by atoms with E-state index in [4.69, 9.17) is 5.73 Å². The molecule has 0 atom stereocenters. The fourth-order valence-electron chi connectivity index (χ4n) is 2.30. The largest absolute Gasteiger partial charge is 0.382 e. The molecule has 2 aromatic heterocycles. The molecule has 0 saturated heterocycles. The summed E-state index contributed by atoms with van der Waals surface area (Å²) >= 11 is 0. The number of anilines is 1. The smallest absolute Gasteiger partial charge is 0.254 e. The van der Waals surface area contributed by atoms with E-state index in [2.05, 4.69) is 15.4 Å². The number of hydrogen-bond acceptors (Lipinski definition) is 4. The SMILES string of the molecule is CNC(=O)c1cc2c(cc1F)nc(N)c1c2cnn1C. The van der Waals surface area contributed by atoms with Crippen molar-refractivity contribution >= 4 is 33.5 Å². The zero-order chi connectivity index (χ0) is 14.4. The zero-order valence-corrected chi connectivity index (χ0v) is 10.9. The minimum Gasteiger partial charge on any atom is -0.382 e. The average molecular weight is 273 g/mol. The summed E-state index contributed by atoms with van der Waals surface area (Å²) in [5.74, 6) is -0.843. The fourth-order valence-corrected chi connectivity index (χ4v) is 2.30. The van der Waals surface area contributed by atoms with E-state index in [0.29, 0.717) is 16.4 Å². The van der Waals surface area contributed by atoms with Crippen molar-refractivity contribution < 1.29 is 9.18 Å². The molecule has 3 rings (SSSR count). The number of hydrogen-bond donors (Lipinski definition) is 2. The van der Waals surface area contributed by atoms with E-state index in [9.17, 15) is 9.18 Å². The number of carbonyl (C=O) groups excluding carboxylic acids is 1. The lowest BCUT2D eigenvalue weighted by molar-refractivity contribution is 0.0959. The van der Waals surface area contributed by atoms with Crippen LogP contribution >= 0.6 is 0 Å². The minimum atomic E-state index is -0.632. The van der Waals surface area contributed by atoms with Gasteiger partial charge in [-0.15, -0.1) is 0 Å². The van der Waals surface area contributed by atoms with Gasteiger partial charge >= 0.3 is 0 Å². The number of benzene rings is 1. The van der Waals surface area contributed by atoms with Crippen LogP contribution in [0.4, 0.5) is 10.2 Å². The number of aromatic nitrogens is 3. The number of halogens is 1. The minimum absolute atomic E-state index is 0.0308. The molecule has 0 radical (unpaired) electrons. The molecule has 3 N–H and O–H groups in total. The summed E-state index contributed by atoms with van der Waals surface area (Å²) in [4.78, 5) is 15.8. The Hall–Kier alpha value is -2.70. The number of aryl methyl sites for hydroxylation is 1. The van der Waals surface area contributed by atoms with Crippen LogP contribution in [-0.2, 0) is 7.05 Å². The normalized spacial score (nSPS) is 11.2. The number of fused-ring (bicyclic) bond motifs is 3. The van der Waals surface area contributed by atoms with Crippen LogP contribution < -0.4 is 11.1 Å². The van der Waals surface area contributed by atoms with Gasteiger partial charge in [-0.2, -0.15) is 5.10 Å². The predicted molar refractivity (Wildman–Crippen MR) is 73.8 cm³/mol. The van der Waals surface area contributed by atoms with Gasteiger partial charge in [0.2, 0.25) is 0 Å². The number of rotatable bonds is 1. The maximum atomic E-state index is 13.9. The van der Waals surface area contributed by atoms with Gasteiger partial charge in [0.15, 0.2) is 0 Å². The Labute approximate surface area is 113 Å². The first-order chi connectivity index (χ1) is 9.52. The highest BCUT2D eigenvalue weighted by Gasteiger charge is 2.16. The van der Waals surface area contributed by atoms with Gasteiger partial charge in [-0.3, -0.25) is 9.48 Å². The summed E-state index contributed by atoms with van der Waals surface area (Å²) < 4.78 is 15.5. The Balaban J connectivity index is 2.45. The van der Waals surface area contributed by atoms with E-state index in [1.54, 1.807) is 17.9 Å². The monoisotopic (exact) mass is 273 g/mol. The first-order valence-corrected chi connectivity index (χ1v) is 5.95. The van der Waals surface area contributed by atoms with Gasteiger partial charge in [0.25, 0.3) is 5.91 Å². The lowest BCUT2D eigenvalue weighted by atomic mass is 10.1. The third kappa shape index (κ3) is 1.59. The molecule has 0 fully saturated rings. The molecule has 0 unspecified atom stereocenters. The molecule has 0 bridgehead atoms. The molecule has 2 heterocycles. The van der Waals surface area contributed by atoms with E-state index >= 15 is 0 Å². The third-order valence-corrected chi connectivity index (χ3v) is 3.27. The highest BCUT2D eigenvalue weighted by atomic mass is 19.1. The van der Waals surface area contributed by atoms with E-state index in [0.717, 1.165) is 5.39 Å². The number of nitrogens with zero attached hydrogens (tertiary/aromatic N) is 3. The standard InChI is InChI=1S/C13H12FN5O/c1-16-13(20)7-3-6-8-5-17-19(2)11(8)12(15)18-10(6)4-9(7)14/h3-5H,1-2H3,(H2,15,18)(H,16,20). The number of pyridine rings is 1. The topological polar surface area (TPSA) is 85.8 Å². The summed E-state index contributed by atoms with van der Waals surface area (Å²) in [6.07, 6.45) is 1.63. The van der Waals surface area contributed by atoms with Crippen molar-refractivity contribution in [3.8, 4) is 0 Å². The number of nitrogen functional groups attached to an aromatic ring is 1. The molecule has 3 aromatic rings. The Bertz CT molecular complexity index is 855.